The molecule has 114 valence electrons. The highest BCUT2D eigenvalue weighted by atomic mass is 19.1. The highest BCUT2D eigenvalue weighted by Gasteiger charge is 2.16. The van der Waals surface area contributed by atoms with Crippen LogP contribution in [0.2, 0.25) is 0 Å². The average Bonchev–Trinajstić information content (AvgIpc) is 2.98. The monoisotopic (exact) mass is 307 g/mol. The van der Waals surface area contributed by atoms with Gasteiger partial charge in [-0.1, -0.05) is 42.0 Å². The molecule has 0 fully saturated rings. The third-order valence-corrected chi connectivity index (χ3v) is 3.41. The second-order valence-electron chi connectivity index (χ2n) is 5.13. The number of nitrogens with zero attached hydrogens (tertiary/aromatic N) is 2. The molecule has 0 saturated heterocycles. The lowest BCUT2D eigenvalue weighted by molar-refractivity contribution is 0.571. The summed E-state index contributed by atoms with van der Waals surface area (Å²) in [5, 5.41) is 12.2. The first-order chi connectivity index (χ1) is 11.2. The molecule has 0 bridgehead atoms. The van der Waals surface area contributed by atoms with Crippen molar-refractivity contribution >= 4 is 5.88 Å². The summed E-state index contributed by atoms with van der Waals surface area (Å²) in [6, 6.07) is 16.1. The van der Waals surface area contributed by atoms with E-state index in [1.165, 1.54) is 11.6 Å². The number of hydrogen-bond acceptors (Lipinski definition) is 4. The molecule has 0 unspecified atom stereocenters. The van der Waals surface area contributed by atoms with Gasteiger partial charge in [-0.05, 0) is 24.6 Å². The van der Waals surface area contributed by atoms with Crippen LogP contribution in [-0.2, 0) is 6.54 Å². The predicted molar refractivity (Wildman–Crippen MR) is 85.1 cm³/mol. The summed E-state index contributed by atoms with van der Waals surface area (Å²) >= 11 is 0. The van der Waals surface area contributed by atoms with E-state index in [4.69, 9.17) is 4.42 Å². The van der Waals surface area contributed by atoms with Gasteiger partial charge in [0.1, 0.15) is 11.9 Å². The molecule has 5 heteroatoms. The first-order valence-corrected chi connectivity index (χ1v) is 7.12. The fourth-order valence-electron chi connectivity index (χ4n) is 2.15. The Morgan fingerprint density at radius 1 is 1.17 bits per heavy atom. The third kappa shape index (κ3) is 3.22. The molecular weight excluding hydrogens is 293 g/mol. The lowest BCUT2D eigenvalue weighted by Crippen LogP contribution is -1.99. The standard InChI is InChI=1S/C18H14FN3O/c1-12-6-8-13(9-7-12)11-21-18-16(10-20)22-17(23-18)14-4-2-3-5-15(14)19/h2-9,21H,11H2,1H3. The molecule has 0 atom stereocenters. The molecule has 3 aromatic rings. The number of aromatic nitrogens is 1. The van der Waals surface area contributed by atoms with Gasteiger partial charge in [-0.25, -0.2) is 4.39 Å². The van der Waals surface area contributed by atoms with Crippen LogP contribution < -0.4 is 5.32 Å². The number of hydrogen-bond donors (Lipinski definition) is 1. The summed E-state index contributed by atoms with van der Waals surface area (Å²) in [6.45, 7) is 2.50. The number of oxazole rings is 1. The van der Waals surface area contributed by atoms with E-state index in [9.17, 15) is 9.65 Å². The first-order valence-electron chi connectivity index (χ1n) is 7.12. The number of rotatable bonds is 4. The van der Waals surface area contributed by atoms with Gasteiger partial charge in [-0.15, -0.1) is 0 Å². The minimum Gasteiger partial charge on any atom is -0.419 e. The first kappa shape index (κ1) is 14.8. The van der Waals surface area contributed by atoms with Gasteiger partial charge in [-0.3, -0.25) is 0 Å². The van der Waals surface area contributed by atoms with Crippen molar-refractivity contribution in [3.05, 3.63) is 71.2 Å². The van der Waals surface area contributed by atoms with E-state index in [1.807, 2.05) is 37.3 Å². The average molecular weight is 307 g/mol. The van der Waals surface area contributed by atoms with Crippen LogP contribution in [0.5, 0.6) is 0 Å². The summed E-state index contributed by atoms with van der Waals surface area (Å²) in [6.07, 6.45) is 0. The second kappa shape index (κ2) is 6.32. The molecule has 0 aliphatic rings. The van der Waals surface area contributed by atoms with Crippen LogP contribution in [0.15, 0.2) is 52.9 Å². The maximum absolute atomic E-state index is 13.8. The number of aryl methyl sites for hydroxylation is 1. The summed E-state index contributed by atoms with van der Waals surface area (Å²) in [4.78, 5) is 4.06. The Morgan fingerprint density at radius 3 is 2.61 bits per heavy atom. The van der Waals surface area contributed by atoms with E-state index >= 15 is 0 Å². The Labute approximate surface area is 133 Å². The molecule has 0 spiro atoms. The van der Waals surface area contributed by atoms with Crippen molar-refractivity contribution in [2.45, 2.75) is 13.5 Å². The highest BCUT2D eigenvalue weighted by Crippen LogP contribution is 2.27. The van der Waals surface area contributed by atoms with Gasteiger partial charge in [0.2, 0.25) is 17.5 Å². The van der Waals surface area contributed by atoms with Gasteiger partial charge in [0.25, 0.3) is 0 Å². The molecule has 0 aliphatic carbocycles. The normalized spacial score (nSPS) is 10.3. The largest absolute Gasteiger partial charge is 0.419 e. The van der Waals surface area contributed by atoms with Crippen molar-refractivity contribution in [3.63, 3.8) is 0 Å². The van der Waals surface area contributed by atoms with Gasteiger partial charge in [0.15, 0.2) is 0 Å². The number of nitrogens with one attached hydrogen (secondary N) is 1. The Morgan fingerprint density at radius 2 is 1.91 bits per heavy atom. The summed E-state index contributed by atoms with van der Waals surface area (Å²) in [5.41, 5.74) is 2.55. The van der Waals surface area contributed by atoms with Gasteiger partial charge in [0.05, 0.1) is 5.56 Å². The zero-order valence-electron chi connectivity index (χ0n) is 12.5. The SMILES string of the molecule is Cc1ccc(CNc2oc(-c3ccccc3F)nc2C#N)cc1. The summed E-state index contributed by atoms with van der Waals surface area (Å²) < 4.78 is 19.3. The fraction of sp³-hybridized carbons (Fsp3) is 0.111. The Balaban J connectivity index is 1.84. The van der Waals surface area contributed by atoms with Crippen molar-refractivity contribution in [3.8, 4) is 17.5 Å². The van der Waals surface area contributed by atoms with Crippen molar-refractivity contribution in [2.75, 3.05) is 5.32 Å². The number of benzene rings is 2. The molecule has 0 radical (unpaired) electrons. The molecule has 3 rings (SSSR count). The highest BCUT2D eigenvalue weighted by molar-refractivity contribution is 5.59. The Hall–Kier alpha value is -3.13. The van der Waals surface area contributed by atoms with E-state index in [0.717, 1.165) is 5.56 Å². The molecule has 1 aromatic heterocycles. The van der Waals surface area contributed by atoms with Crippen LogP contribution in [0, 0.1) is 24.1 Å². The minimum atomic E-state index is -0.441. The number of halogens is 1. The molecule has 2 aromatic carbocycles. The van der Waals surface area contributed by atoms with Crippen molar-refractivity contribution in [1.29, 1.82) is 5.26 Å². The molecule has 0 saturated carbocycles. The van der Waals surface area contributed by atoms with Crippen molar-refractivity contribution < 1.29 is 8.81 Å². The molecule has 1 heterocycles. The summed E-state index contributed by atoms with van der Waals surface area (Å²) in [5.74, 6) is -0.110. The van der Waals surface area contributed by atoms with Crippen LogP contribution in [-0.4, -0.2) is 4.98 Å². The lowest BCUT2D eigenvalue weighted by Gasteiger charge is -2.03. The van der Waals surface area contributed by atoms with E-state index in [0.29, 0.717) is 6.54 Å². The quantitative estimate of drug-likeness (QED) is 0.781. The van der Waals surface area contributed by atoms with E-state index in [-0.39, 0.29) is 23.0 Å². The Bertz CT molecular complexity index is 863. The van der Waals surface area contributed by atoms with Gasteiger partial charge < -0.3 is 9.73 Å². The third-order valence-electron chi connectivity index (χ3n) is 3.41. The zero-order chi connectivity index (χ0) is 16.2. The molecular formula is C18H14FN3O. The number of nitriles is 1. The molecule has 0 amide bonds. The lowest BCUT2D eigenvalue weighted by atomic mass is 10.1. The van der Waals surface area contributed by atoms with Gasteiger partial charge in [-0.2, -0.15) is 10.2 Å². The summed E-state index contributed by atoms with van der Waals surface area (Å²) in [7, 11) is 0. The Kier molecular flexibility index (Phi) is 4.07. The zero-order valence-corrected chi connectivity index (χ0v) is 12.5. The fourth-order valence-corrected chi connectivity index (χ4v) is 2.15. The second-order valence-corrected chi connectivity index (χ2v) is 5.13. The maximum atomic E-state index is 13.8. The van der Waals surface area contributed by atoms with Crippen molar-refractivity contribution in [2.24, 2.45) is 0 Å². The van der Waals surface area contributed by atoms with Crippen LogP contribution in [0.1, 0.15) is 16.8 Å². The van der Waals surface area contributed by atoms with Crippen LogP contribution in [0.3, 0.4) is 0 Å². The van der Waals surface area contributed by atoms with Crippen LogP contribution >= 0.6 is 0 Å². The molecule has 4 nitrogen and oxygen atoms in total. The molecule has 1 N–H and O–H groups in total. The topological polar surface area (TPSA) is 61.9 Å². The maximum Gasteiger partial charge on any atom is 0.233 e. The van der Waals surface area contributed by atoms with Crippen molar-refractivity contribution in [1.82, 2.24) is 4.98 Å². The molecule has 0 aliphatic heterocycles. The van der Waals surface area contributed by atoms with Crippen LogP contribution in [0.4, 0.5) is 10.3 Å². The minimum absolute atomic E-state index is 0.0889. The van der Waals surface area contributed by atoms with Gasteiger partial charge >= 0.3 is 0 Å². The predicted octanol–water partition coefficient (Wildman–Crippen LogP) is 4.27. The van der Waals surface area contributed by atoms with E-state index in [2.05, 4.69) is 10.3 Å². The number of anilines is 1. The molecule has 23 heavy (non-hydrogen) atoms. The smallest absolute Gasteiger partial charge is 0.233 e. The van der Waals surface area contributed by atoms with Crippen LogP contribution in [0.25, 0.3) is 11.5 Å². The van der Waals surface area contributed by atoms with Gasteiger partial charge in [0, 0.05) is 6.54 Å². The van der Waals surface area contributed by atoms with E-state index < -0.39 is 5.82 Å². The van der Waals surface area contributed by atoms with E-state index in [1.54, 1.807) is 18.2 Å².